The molecular weight excluding hydrogens is 198 g/mol. The van der Waals surface area contributed by atoms with Crippen molar-refractivity contribution in [2.75, 3.05) is 26.9 Å². The zero-order valence-corrected chi connectivity index (χ0v) is 9.89. The summed E-state index contributed by atoms with van der Waals surface area (Å²) < 4.78 is 0. The van der Waals surface area contributed by atoms with Crippen LogP contribution in [0.5, 0.6) is 0 Å². The zero-order chi connectivity index (χ0) is 11.0. The lowest BCUT2D eigenvalue weighted by atomic mass is 10.6. The van der Waals surface area contributed by atoms with Gasteiger partial charge < -0.3 is 10.2 Å². The molecule has 0 aliphatic heterocycles. The van der Waals surface area contributed by atoms with E-state index in [2.05, 4.69) is 10.3 Å². The molecule has 0 saturated heterocycles. The summed E-state index contributed by atoms with van der Waals surface area (Å²) in [5, 5.41) is 3.31. The van der Waals surface area contributed by atoms with Crippen molar-refractivity contribution in [3.63, 3.8) is 0 Å². The topological polar surface area (TPSA) is 44.7 Å². The Hall–Kier alpha value is -0.970. The summed E-state index contributed by atoms with van der Waals surface area (Å²) in [7, 11) is 3.83. The predicted octanol–water partition coefficient (Wildman–Crippen LogP) is 1.55. The molecule has 5 heteroatoms. The SMILES string of the molecule is CCNC(=O)/N=C(\C=C\N(C)C)SC. The van der Waals surface area contributed by atoms with Crippen molar-refractivity contribution in [3.05, 3.63) is 12.3 Å². The molecule has 2 amide bonds. The molecule has 0 spiro atoms. The lowest BCUT2D eigenvalue weighted by Gasteiger charge is -2.03. The van der Waals surface area contributed by atoms with Crippen LogP contribution in [0.1, 0.15) is 6.92 Å². The highest BCUT2D eigenvalue weighted by Crippen LogP contribution is 2.00. The van der Waals surface area contributed by atoms with Crippen molar-refractivity contribution in [1.29, 1.82) is 0 Å². The van der Waals surface area contributed by atoms with Crippen molar-refractivity contribution < 1.29 is 4.79 Å². The average Bonchev–Trinajstić information content (AvgIpc) is 2.12. The van der Waals surface area contributed by atoms with Crippen molar-refractivity contribution in [1.82, 2.24) is 10.2 Å². The number of thioether (sulfide) groups is 1. The van der Waals surface area contributed by atoms with Crippen LogP contribution in [0.15, 0.2) is 17.3 Å². The fourth-order valence-electron chi connectivity index (χ4n) is 0.655. The molecule has 0 radical (unpaired) electrons. The number of hydrogen-bond donors (Lipinski definition) is 1. The summed E-state index contributed by atoms with van der Waals surface area (Å²) in [6.45, 7) is 2.46. The molecule has 0 aromatic carbocycles. The van der Waals surface area contributed by atoms with Crippen molar-refractivity contribution in [3.8, 4) is 0 Å². The predicted molar refractivity (Wildman–Crippen MR) is 62.8 cm³/mol. The van der Waals surface area contributed by atoms with Crippen LogP contribution in [0, 0.1) is 0 Å². The molecule has 0 rings (SSSR count). The van der Waals surface area contributed by atoms with Gasteiger partial charge in [0.25, 0.3) is 0 Å². The zero-order valence-electron chi connectivity index (χ0n) is 9.07. The molecule has 0 aromatic rings. The second-order valence-corrected chi connectivity index (χ2v) is 3.60. The first-order valence-electron chi connectivity index (χ1n) is 4.35. The summed E-state index contributed by atoms with van der Waals surface area (Å²) in [6, 6.07) is -0.291. The summed E-state index contributed by atoms with van der Waals surface area (Å²) in [5.41, 5.74) is 0. The quantitative estimate of drug-likeness (QED) is 0.574. The van der Waals surface area contributed by atoms with Crippen molar-refractivity contribution in [2.24, 2.45) is 4.99 Å². The molecular formula is C9H17N3OS. The Bertz CT molecular complexity index is 236. The van der Waals surface area contributed by atoms with Crippen LogP contribution in [-0.2, 0) is 0 Å². The molecule has 0 bridgehead atoms. The van der Waals surface area contributed by atoms with E-state index in [1.54, 1.807) is 6.08 Å². The van der Waals surface area contributed by atoms with Crippen LogP contribution >= 0.6 is 11.8 Å². The number of nitrogens with one attached hydrogen (secondary N) is 1. The Labute approximate surface area is 89.5 Å². The standard InChI is InChI=1S/C9H17N3OS/c1-5-10-9(13)11-8(14-4)6-7-12(2)3/h6-7H,5H2,1-4H3,(H,10,13)/b7-6+,11-8+. The van der Waals surface area contributed by atoms with Crippen LogP contribution in [0.4, 0.5) is 4.79 Å². The number of carbonyl (C=O) groups excluding carboxylic acids is 1. The van der Waals surface area contributed by atoms with Crippen molar-refractivity contribution >= 4 is 22.8 Å². The van der Waals surface area contributed by atoms with Gasteiger partial charge in [0.15, 0.2) is 0 Å². The van der Waals surface area contributed by atoms with Gasteiger partial charge in [-0.2, -0.15) is 4.99 Å². The summed E-state index contributed by atoms with van der Waals surface area (Å²) in [5.74, 6) is 0. The number of aliphatic imine (C=N–C) groups is 1. The maximum absolute atomic E-state index is 11.1. The molecule has 4 nitrogen and oxygen atoms in total. The largest absolute Gasteiger partial charge is 0.383 e. The molecule has 0 saturated carbocycles. The lowest BCUT2D eigenvalue weighted by molar-refractivity contribution is 0.250. The van der Waals surface area contributed by atoms with Crippen LogP contribution in [-0.4, -0.2) is 42.9 Å². The Kier molecular flexibility index (Phi) is 6.92. The number of carbonyl (C=O) groups is 1. The number of rotatable bonds is 3. The second kappa shape index (κ2) is 7.44. The Morgan fingerprint density at radius 1 is 1.57 bits per heavy atom. The van der Waals surface area contributed by atoms with Gasteiger partial charge in [-0.25, -0.2) is 4.79 Å². The first-order valence-corrected chi connectivity index (χ1v) is 5.57. The first kappa shape index (κ1) is 13.0. The highest BCUT2D eigenvalue weighted by molar-refractivity contribution is 8.13. The van der Waals surface area contributed by atoms with Crippen LogP contribution < -0.4 is 5.32 Å². The van der Waals surface area contributed by atoms with E-state index in [0.29, 0.717) is 11.6 Å². The minimum atomic E-state index is -0.291. The van der Waals surface area contributed by atoms with E-state index in [1.807, 2.05) is 38.4 Å². The molecule has 0 unspecified atom stereocenters. The smallest absolute Gasteiger partial charge is 0.341 e. The van der Waals surface area contributed by atoms with E-state index in [-0.39, 0.29) is 6.03 Å². The van der Waals surface area contributed by atoms with Gasteiger partial charge in [0.2, 0.25) is 0 Å². The molecule has 80 valence electrons. The van der Waals surface area contributed by atoms with Gasteiger partial charge in [0.05, 0.1) is 0 Å². The molecule has 14 heavy (non-hydrogen) atoms. The molecule has 0 fully saturated rings. The van der Waals surface area contributed by atoms with Gasteiger partial charge in [-0.05, 0) is 19.3 Å². The number of amides is 2. The number of urea groups is 1. The fraction of sp³-hybridized carbons (Fsp3) is 0.556. The van der Waals surface area contributed by atoms with E-state index in [1.165, 1.54) is 11.8 Å². The van der Waals surface area contributed by atoms with E-state index >= 15 is 0 Å². The molecule has 0 aliphatic rings. The van der Waals surface area contributed by atoms with Crippen molar-refractivity contribution in [2.45, 2.75) is 6.92 Å². The van der Waals surface area contributed by atoms with Gasteiger partial charge in [0.1, 0.15) is 5.04 Å². The fourth-order valence-corrected chi connectivity index (χ4v) is 1.03. The van der Waals surface area contributed by atoms with Crippen LogP contribution in [0.2, 0.25) is 0 Å². The summed E-state index contributed by atoms with van der Waals surface area (Å²) >= 11 is 1.44. The monoisotopic (exact) mass is 215 g/mol. The maximum atomic E-state index is 11.1. The molecule has 1 N–H and O–H groups in total. The van der Waals surface area contributed by atoms with Crippen LogP contribution in [0.3, 0.4) is 0 Å². The highest BCUT2D eigenvalue weighted by Gasteiger charge is 1.97. The third kappa shape index (κ3) is 6.54. The maximum Gasteiger partial charge on any atom is 0.341 e. The average molecular weight is 215 g/mol. The summed E-state index contributed by atoms with van der Waals surface area (Å²) in [4.78, 5) is 16.9. The normalized spacial score (nSPS) is 11.9. The Morgan fingerprint density at radius 2 is 2.21 bits per heavy atom. The number of nitrogens with zero attached hydrogens (tertiary/aromatic N) is 2. The highest BCUT2D eigenvalue weighted by atomic mass is 32.2. The van der Waals surface area contributed by atoms with Gasteiger partial charge in [-0.1, -0.05) is 0 Å². The lowest BCUT2D eigenvalue weighted by Crippen LogP contribution is -2.19. The first-order chi connectivity index (χ1) is 6.60. The third-order valence-corrected chi connectivity index (χ3v) is 1.91. The molecule has 0 aliphatic carbocycles. The Morgan fingerprint density at radius 3 is 2.64 bits per heavy atom. The van der Waals surface area contributed by atoms with E-state index in [0.717, 1.165) is 0 Å². The Balaban J connectivity index is 4.32. The second-order valence-electron chi connectivity index (χ2n) is 2.77. The minimum Gasteiger partial charge on any atom is -0.383 e. The van der Waals surface area contributed by atoms with Gasteiger partial charge >= 0.3 is 6.03 Å². The molecule has 0 aromatic heterocycles. The molecule has 0 heterocycles. The third-order valence-electron chi connectivity index (χ3n) is 1.26. The molecule has 0 atom stereocenters. The van der Waals surface area contributed by atoms with E-state index in [9.17, 15) is 4.79 Å². The minimum absolute atomic E-state index is 0.291. The van der Waals surface area contributed by atoms with Crippen LogP contribution in [0.25, 0.3) is 0 Å². The number of hydrogen-bond acceptors (Lipinski definition) is 3. The van der Waals surface area contributed by atoms with E-state index in [4.69, 9.17) is 0 Å². The van der Waals surface area contributed by atoms with E-state index < -0.39 is 0 Å². The van der Waals surface area contributed by atoms with Gasteiger partial charge in [-0.15, -0.1) is 11.8 Å². The van der Waals surface area contributed by atoms with Gasteiger partial charge in [-0.3, -0.25) is 0 Å². The van der Waals surface area contributed by atoms with Gasteiger partial charge in [0, 0.05) is 26.8 Å². The summed E-state index contributed by atoms with van der Waals surface area (Å²) in [6.07, 6.45) is 5.55.